The normalized spacial score (nSPS) is 19.1. The number of carbonyl (C=O) groups excluding carboxylic acids is 1. The van der Waals surface area contributed by atoms with Crippen LogP contribution in [0.1, 0.15) is 56.0 Å². The van der Waals surface area contributed by atoms with Gasteiger partial charge in [-0.1, -0.05) is 31.7 Å². The Bertz CT molecular complexity index is 1120. The van der Waals surface area contributed by atoms with E-state index in [9.17, 15) is 9.18 Å². The highest BCUT2D eigenvalue weighted by molar-refractivity contribution is 8.04. The van der Waals surface area contributed by atoms with E-state index in [4.69, 9.17) is 16.0 Å². The van der Waals surface area contributed by atoms with Gasteiger partial charge >= 0.3 is 0 Å². The topological polar surface area (TPSA) is 89.5 Å². The molecule has 0 aliphatic carbocycles. The largest absolute Gasteiger partial charge is 0.398 e. The number of thioether (sulfide) groups is 1. The van der Waals surface area contributed by atoms with Crippen LogP contribution in [0.3, 0.4) is 0 Å². The minimum absolute atomic E-state index is 0.00685. The number of hydrogen-bond donors (Lipinski definition) is 1. The monoisotopic (exact) mass is 510 g/mol. The second-order valence-electron chi connectivity index (χ2n) is 8.44. The van der Waals surface area contributed by atoms with Crippen LogP contribution in [0.15, 0.2) is 47.1 Å². The summed E-state index contributed by atoms with van der Waals surface area (Å²) in [6.45, 7) is 6.74. The van der Waals surface area contributed by atoms with Crippen LogP contribution in [-0.2, 0) is 4.79 Å². The third kappa shape index (κ3) is 5.44. The molecule has 192 valence electrons. The Labute approximate surface area is 217 Å². The lowest BCUT2D eigenvalue weighted by Gasteiger charge is -2.30. The minimum Gasteiger partial charge on any atom is -0.398 e. The highest BCUT2D eigenvalue weighted by Gasteiger charge is 2.39. The fraction of sp³-hybridized carbons (Fsp3) is 0.444. The van der Waals surface area contributed by atoms with Gasteiger partial charge in [0.1, 0.15) is 17.3 Å². The minimum atomic E-state index is -0.00685. The number of aromatic nitrogens is 1. The summed E-state index contributed by atoms with van der Waals surface area (Å²) >= 11 is 1.59. The lowest BCUT2D eigenvalue weighted by Crippen LogP contribution is -2.37. The number of nitriles is 1. The van der Waals surface area contributed by atoms with Gasteiger partial charge in [0.15, 0.2) is 0 Å². The number of nitrogens with zero attached hydrogens (tertiary/aromatic N) is 5. The molecule has 4 heterocycles. The van der Waals surface area contributed by atoms with Crippen molar-refractivity contribution in [1.82, 2.24) is 9.88 Å². The molecule has 1 aromatic carbocycles. The lowest BCUT2D eigenvalue weighted by molar-refractivity contribution is -0.114. The number of benzene rings is 1. The van der Waals surface area contributed by atoms with Crippen molar-refractivity contribution < 1.29 is 9.18 Å². The second kappa shape index (κ2) is 12.6. The van der Waals surface area contributed by atoms with Gasteiger partial charge in [-0.3, -0.25) is 9.18 Å². The van der Waals surface area contributed by atoms with Crippen LogP contribution in [-0.4, -0.2) is 49.7 Å². The van der Waals surface area contributed by atoms with Crippen molar-refractivity contribution >= 4 is 34.9 Å². The maximum absolute atomic E-state index is 13.3. The van der Waals surface area contributed by atoms with E-state index in [0.29, 0.717) is 25.0 Å². The summed E-state index contributed by atoms with van der Waals surface area (Å²) in [5.41, 5.74) is 9.73. The molecule has 1 aromatic heterocycles. The molecule has 1 amide bonds. The van der Waals surface area contributed by atoms with Crippen molar-refractivity contribution in [2.75, 3.05) is 49.4 Å². The molecule has 7 nitrogen and oxygen atoms in total. The van der Waals surface area contributed by atoms with Gasteiger partial charge < -0.3 is 20.4 Å². The van der Waals surface area contributed by atoms with E-state index >= 15 is 0 Å². The van der Waals surface area contributed by atoms with Crippen LogP contribution in [0.2, 0.25) is 0 Å². The number of amides is 1. The van der Waals surface area contributed by atoms with Gasteiger partial charge in [0.25, 0.3) is 5.91 Å². The first-order valence-corrected chi connectivity index (χ1v) is 13.3. The number of alkyl halides is 1. The van der Waals surface area contributed by atoms with E-state index in [1.807, 2.05) is 20.0 Å². The Kier molecular flexibility index (Phi) is 9.59. The number of nitrogen functional groups attached to an aromatic ring is 1. The molecular weight excluding hydrogens is 475 g/mol. The standard InChI is InChI=1S/C24H26N6OS.C2H6.CH3F/c1-28-20-9-12-30(18-7-5-16(14-25)19(26)13-18)23(31)22(20)32-24(28)17-6-8-21(27-15-17)29-10-3-2-4-11-29;2*1-2/h5-8,13,15,24H,2-4,9-12,26H2,1H3;1-2H3;1H3. The van der Waals surface area contributed by atoms with Crippen molar-refractivity contribution in [1.29, 1.82) is 5.26 Å². The van der Waals surface area contributed by atoms with E-state index < -0.39 is 0 Å². The van der Waals surface area contributed by atoms with E-state index in [-0.39, 0.29) is 11.3 Å². The van der Waals surface area contributed by atoms with Gasteiger partial charge in [0.2, 0.25) is 0 Å². The number of halogens is 1. The van der Waals surface area contributed by atoms with Gasteiger partial charge in [-0.15, -0.1) is 0 Å². The van der Waals surface area contributed by atoms with E-state index in [1.54, 1.807) is 34.9 Å². The lowest BCUT2D eigenvalue weighted by atomic mass is 10.1. The summed E-state index contributed by atoms with van der Waals surface area (Å²) in [6.07, 6.45) is 6.49. The molecule has 0 saturated carbocycles. The molecule has 36 heavy (non-hydrogen) atoms. The molecule has 1 fully saturated rings. The zero-order valence-electron chi connectivity index (χ0n) is 21.5. The molecule has 2 N–H and O–H groups in total. The van der Waals surface area contributed by atoms with Gasteiger partial charge in [-0.25, -0.2) is 4.98 Å². The number of anilines is 3. The summed E-state index contributed by atoms with van der Waals surface area (Å²) in [7, 11) is 2.56. The molecule has 0 bridgehead atoms. The van der Waals surface area contributed by atoms with Crippen LogP contribution in [0.5, 0.6) is 0 Å². The van der Waals surface area contributed by atoms with Gasteiger partial charge in [-0.2, -0.15) is 5.26 Å². The number of hydrogen-bond acceptors (Lipinski definition) is 7. The quantitative estimate of drug-likeness (QED) is 0.548. The van der Waals surface area contributed by atoms with Crippen LogP contribution < -0.4 is 15.5 Å². The van der Waals surface area contributed by atoms with Crippen LogP contribution in [0.25, 0.3) is 0 Å². The van der Waals surface area contributed by atoms with Crippen molar-refractivity contribution in [3.8, 4) is 6.07 Å². The summed E-state index contributed by atoms with van der Waals surface area (Å²) in [4.78, 5) is 25.2. The molecule has 3 aliphatic rings. The molecule has 0 radical (unpaired) electrons. The molecular formula is C27H35FN6OS. The van der Waals surface area contributed by atoms with Crippen molar-refractivity contribution in [3.63, 3.8) is 0 Å². The Balaban J connectivity index is 0.000000861. The second-order valence-corrected chi connectivity index (χ2v) is 9.53. The smallest absolute Gasteiger partial charge is 0.266 e. The maximum Gasteiger partial charge on any atom is 0.266 e. The number of rotatable bonds is 3. The molecule has 1 unspecified atom stereocenters. The number of piperidine rings is 1. The first-order chi connectivity index (χ1) is 17.6. The predicted molar refractivity (Wildman–Crippen MR) is 146 cm³/mol. The summed E-state index contributed by atoms with van der Waals surface area (Å²) < 4.78 is 9.50. The number of pyridine rings is 1. The number of carbonyl (C=O) groups is 1. The van der Waals surface area contributed by atoms with E-state index in [2.05, 4.69) is 35.0 Å². The van der Waals surface area contributed by atoms with Gasteiger partial charge in [0.05, 0.1) is 23.3 Å². The fourth-order valence-electron chi connectivity index (χ4n) is 4.68. The fourth-order valence-corrected chi connectivity index (χ4v) is 6.05. The first-order valence-electron chi connectivity index (χ1n) is 12.4. The summed E-state index contributed by atoms with van der Waals surface area (Å²) in [5.74, 6) is 1.03. The molecule has 1 saturated heterocycles. The van der Waals surface area contributed by atoms with Crippen molar-refractivity contribution in [2.24, 2.45) is 0 Å². The zero-order chi connectivity index (χ0) is 26.2. The molecule has 5 rings (SSSR count). The van der Waals surface area contributed by atoms with Crippen molar-refractivity contribution in [3.05, 3.63) is 58.3 Å². The Morgan fingerprint density at radius 2 is 1.83 bits per heavy atom. The van der Waals surface area contributed by atoms with E-state index in [0.717, 1.165) is 47.2 Å². The van der Waals surface area contributed by atoms with Gasteiger partial charge in [-0.05, 0) is 43.5 Å². The first kappa shape index (κ1) is 27.3. The molecule has 0 spiro atoms. The predicted octanol–water partition coefficient (Wildman–Crippen LogP) is 5.46. The van der Waals surface area contributed by atoms with Crippen LogP contribution >= 0.6 is 11.8 Å². The average molecular weight is 511 g/mol. The average Bonchev–Trinajstić information content (AvgIpc) is 3.29. The number of nitrogens with two attached hydrogens (primary N) is 1. The Morgan fingerprint density at radius 3 is 2.44 bits per heavy atom. The highest BCUT2D eigenvalue weighted by atomic mass is 32.2. The van der Waals surface area contributed by atoms with Gasteiger partial charge in [0, 0.05) is 56.2 Å². The highest BCUT2D eigenvalue weighted by Crippen LogP contribution is 2.50. The maximum atomic E-state index is 13.3. The van der Waals surface area contributed by atoms with Crippen LogP contribution in [0, 0.1) is 11.3 Å². The molecule has 1 atom stereocenters. The van der Waals surface area contributed by atoms with Crippen molar-refractivity contribution in [2.45, 2.75) is 44.9 Å². The molecule has 9 heteroatoms. The molecule has 2 aromatic rings. The Morgan fingerprint density at radius 1 is 1.11 bits per heavy atom. The Hall–Kier alpha value is -3.25. The third-order valence-corrected chi connectivity index (χ3v) is 7.94. The zero-order valence-corrected chi connectivity index (χ0v) is 22.3. The summed E-state index contributed by atoms with van der Waals surface area (Å²) in [5, 5.41) is 9.16. The van der Waals surface area contributed by atoms with Crippen LogP contribution in [0.4, 0.5) is 21.6 Å². The SMILES string of the molecule is CC.CF.CN1C2=C(SC1c1ccc(N3CCCCC3)nc1)C(=O)N(c1ccc(C#N)c(N)c1)CC2. The summed E-state index contributed by atoms with van der Waals surface area (Å²) in [6, 6.07) is 11.5. The van der Waals surface area contributed by atoms with E-state index in [1.165, 1.54) is 19.3 Å². The third-order valence-electron chi connectivity index (χ3n) is 6.48. The molecule has 3 aliphatic heterocycles.